The van der Waals surface area contributed by atoms with Gasteiger partial charge in [-0.05, 0) is 31.5 Å². The molecule has 1 heterocycles. The highest BCUT2D eigenvalue weighted by Crippen LogP contribution is 2.36. The van der Waals surface area contributed by atoms with Gasteiger partial charge in [-0.25, -0.2) is 0 Å². The third-order valence-electron chi connectivity index (χ3n) is 3.60. The van der Waals surface area contributed by atoms with Gasteiger partial charge >= 0.3 is 0 Å². The molecule has 0 atom stereocenters. The number of aliphatic hydroxyl groups excluding tert-OH is 1. The highest BCUT2D eigenvalue weighted by molar-refractivity contribution is 8.04. The molecule has 0 saturated carbocycles. The Morgan fingerprint density at radius 1 is 1.23 bits per heavy atom. The van der Waals surface area contributed by atoms with Crippen LogP contribution in [-0.2, 0) is 14.3 Å². The molecule has 0 saturated heterocycles. The molecule has 0 radical (unpaired) electrons. The summed E-state index contributed by atoms with van der Waals surface area (Å²) >= 11 is 1.10. The molecule has 2 amide bonds. The summed E-state index contributed by atoms with van der Waals surface area (Å²) in [6, 6.07) is 5.48. The van der Waals surface area contributed by atoms with E-state index >= 15 is 0 Å². The molecule has 0 aromatic heterocycles. The van der Waals surface area contributed by atoms with Crippen LogP contribution >= 0.6 is 11.8 Å². The van der Waals surface area contributed by atoms with E-state index < -0.39 is 16.7 Å². The summed E-state index contributed by atoms with van der Waals surface area (Å²) in [5.74, 6) is -0.632. The smallest absolute Gasteiger partial charge is 0.269 e. The quantitative estimate of drug-likeness (QED) is 0.395. The van der Waals surface area contributed by atoms with Crippen molar-refractivity contribution in [3.05, 3.63) is 44.8 Å². The Balaban J connectivity index is 2.31. The molecule has 1 aliphatic heterocycles. The molecule has 2 rings (SSSR count). The van der Waals surface area contributed by atoms with Crippen molar-refractivity contribution in [2.24, 2.45) is 0 Å². The van der Waals surface area contributed by atoms with Crippen LogP contribution in [0.25, 0.3) is 5.57 Å². The minimum absolute atomic E-state index is 0.0202. The number of hydrogen-bond donors (Lipinski definition) is 1. The zero-order valence-corrected chi connectivity index (χ0v) is 15.3. The number of thioether (sulfide) groups is 1. The normalized spacial score (nSPS) is 14.7. The molecule has 0 spiro atoms. The lowest BCUT2D eigenvalue weighted by atomic mass is 10.1. The SMILES string of the molecule is CC(C)OCCN1C(=O)C(SCCO)=C(c2ccc([N+](=O)[O-])cc2)C1=O. The van der Waals surface area contributed by atoms with Crippen molar-refractivity contribution >= 4 is 34.8 Å². The Kier molecular flexibility index (Phi) is 6.90. The van der Waals surface area contributed by atoms with Crippen LogP contribution in [0.4, 0.5) is 5.69 Å². The summed E-state index contributed by atoms with van der Waals surface area (Å²) in [6.45, 7) is 3.92. The average Bonchev–Trinajstić information content (AvgIpc) is 2.83. The second-order valence-electron chi connectivity index (χ2n) is 5.76. The number of amides is 2. The number of nitro groups is 1. The maximum atomic E-state index is 12.8. The Morgan fingerprint density at radius 2 is 1.88 bits per heavy atom. The van der Waals surface area contributed by atoms with Gasteiger partial charge in [0, 0.05) is 17.9 Å². The number of benzene rings is 1. The minimum atomic E-state index is -0.531. The first-order chi connectivity index (χ1) is 12.4. The number of ether oxygens (including phenoxy) is 1. The highest BCUT2D eigenvalue weighted by atomic mass is 32.2. The van der Waals surface area contributed by atoms with Gasteiger partial charge in [-0.1, -0.05) is 0 Å². The van der Waals surface area contributed by atoms with Crippen molar-refractivity contribution in [3.63, 3.8) is 0 Å². The van der Waals surface area contributed by atoms with Crippen molar-refractivity contribution in [1.29, 1.82) is 0 Å². The highest BCUT2D eigenvalue weighted by Gasteiger charge is 2.38. The Labute approximate surface area is 155 Å². The van der Waals surface area contributed by atoms with Gasteiger partial charge in [0.1, 0.15) is 0 Å². The topological polar surface area (TPSA) is 110 Å². The van der Waals surface area contributed by atoms with Gasteiger partial charge in [0.05, 0.1) is 41.3 Å². The van der Waals surface area contributed by atoms with Gasteiger partial charge < -0.3 is 9.84 Å². The zero-order valence-electron chi connectivity index (χ0n) is 14.5. The summed E-state index contributed by atoms with van der Waals surface area (Å²) in [7, 11) is 0. The molecule has 1 aromatic carbocycles. The van der Waals surface area contributed by atoms with Crippen LogP contribution in [0.15, 0.2) is 29.2 Å². The molecule has 140 valence electrons. The average molecular weight is 380 g/mol. The number of non-ortho nitro benzene ring substituents is 1. The third kappa shape index (κ3) is 4.48. The van der Waals surface area contributed by atoms with Crippen molar-refractivity contribution in [1.82, 2.24) is 4.90 Å². The summed E-state index contributed by atoms with van der Waals surface area (Å²) in [6.07, 6.45) is -0.0202. The molecule has 9 heteroatoms. The number of nitrogens with zero attached hydrogens (tertiary/aromatic N) is 2. The van der Waals surface area contributed by atoms with Gasteiger partial charge in [0.15, 0.2) is 0 Å². The molecule has 1 aliphatic rings. The first kappa shape index (κ1) is 20.1. The van der Waals surface area contributed by atoms with Crippen LogP contribution in [0.2, 0.25) is 0 Å². The molecule has 1 aromatic rings. The van der Waals surface area contributed by atoms with Gasteiger partial charge in [-0.15, -0.1) is 11.8 Å². The van der Waals surface area contributed by atoms with Crippen molar-refractivity contribution in [2.75, 3.05) is 25.5 Å². The van der Waals surface area contributed by atoms with Crippen molar-refractivity contribution < 1.29 is 24.4 Å². The van der Waals surface area contributed by atoms with E-state index in [-0.39, 0.29) is 47.8 Å². The summed E-state index contributed by atoms with van der Waals surface area (Å²) in [4.78, 5) is 37.0. The molecule has 1 N–H and O–H groups in total. The third-order valence-corrected chi connectivity index (χ3v) is 4.65. The second-order valence-corrected chi connectivity index (χ2v) is 6.87. The van der Waals surface area contributed by atoms with Crippen LogP contribution in [-0.4, -0.2) is 58.4 Å². The van der Waals surface area contributed by atoms with Crippen molar-refractivity contribution in [3.8, 4) is 0 Å². The van der Waals surface area contributed by atoms with E-state index in [1.165, 1.54) is 24.3 Å². The van der Waals surface area contributed by atoms with Gasteiger partial charge in [0.2, 0.25) is 0 Å². The van der Waals surface area contributed by atoms with E-state index in [0.717, 1.165) is 16.7 Å². The van der Waals surface area contributed by atoms with E-state index in [0.29, 0.717) is 5.56 Å². The molecule has 0 fully saturated rings. The number of nitro benzene ring substituents is 1. The lowest BCUT2D eigenvalue weighted by molar-refractivity contribution is -0.384. The minimum Gasteiger partial charge on any atom is -0.396 e. The number of carbonyl (C=O) groups is 2. The number of hydrogen-bond acceptors (Lipinski definition) is 7. The van der Waals surface area contributed by atoms with E-state index in [1.807, 2.05) is 13.8 Å². The van der Waals surface area contributed by atoms with Crippen LogP contribution < -0.4 is 0 Å². The van der Waals surface area contributed by atoms with E-state index in [1.54, 1.807) is 0 Å². The maximum Gasteiger partial charge on any atom is 0.269 e. The van der Waals surface area contributed by atoms with Crippen LogP contribution in [0.3, 0.4) is 0 Å². The van der Waals surface area contributed by atoms with Gasteiger partial charge in [-0.2, -0.15) is 0 Å². The maximum absolute atomic E-state index is 12.8. The summed E-state index contributed by atoms with van der Waals surface area (Å²) < 4.78 is 5.41. The number of imide groups is 1. The number of carbonyl (C=O) groups excluding carboxylic acids is 2. The van der Waals surface area contributed by atoms with Crippen molar-refractivity contribution in [2.45, 2.75) is 20.0 Å². The summed E-state index contributed by atoms with van der Waals surface area (Å²) in [5, 5.41) is 19.9. The van der Waals surface area contributed by atoms with E-state index in [9.17, 15) is 19.7 Å². The first-order valence-corrected chi connectivity index (χ1v) is 9.06. The van der Waals surface area contributed by atoms with Crippen LogP contribution in [0, 0.1) is 10.1 Å². The molecule has 0 bridgehead atoms. The fourth-order valence-electron chi connectivity index (χ4n) is 2.42. The molecule has 0 unspecified atom stereocenters. The van der Waals surface area contributed by atoms with E-state index in [4.69, 9.17) is 9.84 Å². The predicted molar refractivity (Wildman–Crippen MR) is 97.4 cm³/mol. The lowest BCUT2D eigenvalue weighted by Gasteiger charge is -2.16. The Morgan fingerprint density at radius 3 is 2.42 bits per heavy atom. The zero-order chi connectivity index (χ0) is 19.3. The number of aliphatic hydroxyl groups is 1. The monoisotopic (exact) mass is 380 g/mol. The second kappa shape index (κ2) is 8.93. The van der Waals surface area contributed by atoms with E-state index in [2.05, 4.69) is 0 Å². The number of rotatable bonds is 9. The largest absolute Gasteiger partial charge is 0.396 e. The molecular formula is C17H20N2O6S. The Hall–Kier alpha value is -2.23. The molecular weight excluding hydrogens is 360 g/mol. The standard InChI is InChI=1S/C17H20N2O6S/c1-11(2)25-9-7-18-16(21)14(15(17(18)22)26-10-8-20)12-3-5-13(6-4-12)19(23)24/h3-6,11,20H,7-10H2,1-2H3. The fraction of sp³-hybridized carbons (Fsp3) is 0.412. The fourth-order valence-corrected chi connectivity index (χ4v) is 3.30. The van der Waals surface area contributed by atoms with Crippen LogP contribution in [0.1, 0.15) is 19.4 Å². The molecule has 26 heavy (non-hydrogen) atoms. The molecule has 0 aliphatic carbocycles. The first-order valence-electron chi connectivity index (χ1n) is 8.07. The lowest BCUT2D eigenvalue weighted by Crippen LogP contribution is -2.35. The summed E-state index contributed by atoms with van der Waals surface area (Å²) in [5.41, 5.74) is 0.535. The van der Waals surface area contributed by atoms with Crippen LogP contribution in [0.5, 0.6) is 0 Å². The predicted octanol–water partition coefficient (Wildman–Crippen LogP) is 1.83. The van der Waals surface area contributed by atoms with Gasteiger partial charge in [0.25, 0.3) is 17.5 Å². The van der Waals surface area contributed by atoms with Gasteiger partial charge in [-0.3, -0.25) is 24.6 Å². The Bertz CT molecular complexity index is 729. The molecule has 8 nitrogen and oxygen atoms in total.